The van der Waals surface area contributed by atoms with E-state index in [1.54, 1.807) is 0 Å². The number of pyridine rings is 1. The Hall–Kier alpha value is -2.17. The number of fused-ring (bicyclic) bond motifs is 1. The summed E-state index contributed by atoms with van der Waals surface area (Å²) in [5.41, 5.74) is 2.46. The van der Waals surface area contributed by atoms with E-state index in [1.807, 2.05) is 24.4 Å². The van der Waals surface area contributed by atoms with Crippen LogP contribution in [-0.2, 0) is 9.31 Å². The minimum Gasteiger partial charge on any atom is -0.399 e. The van der Waals surface area contributed by atoms with E-state index >= 15 is 0 Å². The molecule has 0 spiro atoms. The van der Waals surface area contributed by atoms with Crippen LogP contribution < -0.4 is 5.46 Å². The predicted octanol–water partition coefficient (Wildman–Crippen LogP) is 4.20. The highest BCUT2D eigenvalue weighted by Crippen LogP contribution is 2.37. The van der Waals surface area contributed by atoms with Gasteiger partial charge in [0.15, 0.2) is 0 Å². The van der Waals surface area contributed by atoms with E-state index in [1.165, 1.54) is 0 Å². The first-order chi connectivity index (χ1) is 11.9. The van der Waals surface area contributed by atoms with Gasteiger partial charge >= 0.3 is 7.12 Å². The second kappa shape index (κ2) is 5.68. The van der Waals surface area contributed by atoms with Gasteiger partial charge in [-0.1, -0.05) is 42.5 Å². The molecule has 0 atom stereocenters. The summed E-state index contributed by atoms with van der Waals surface area (Å²) >= 11 is 0. The van der Waals surface area contributed by atoms with Gasteiger partial charge in [-0.3, -0.25) is 4.98 Å². The molecule has 1 aliphatic rings. The van der Waals surface area contributed by atoms with Gasteiger partial charge < -0.3 is 9.31 Å². The minimum atomic E-state index is -0.368. The molecule has 1 aromatic heterocycles. The van der Waals surface area contributed by atoms with Crippen LogP contribution in [0.1, 0.15) is 27.7 Å². The molecule has 0 N–H and O–H groups in total. The maximum Gasteiger partial charge on any atom is 0.495 e. The number of rotatable bonds is 2. The molecule has 0 unspecified atom stereocenters. The Labute approximate surface area is 149 Å². The largest absolute Gasteiger partial charge is 0.495 e. The summed E-state index contributed by atoms with van der Waals surface area (Å²) in [7, 11) is -0.368. The van der Waals surface area contributed by atoms with Gasteiger partial charge in [-0.05, 0) is 56.1 Å². The quantitative estimate of drug-likeness (QED) is 0.660. The molecule has 0 radical (unpaired) electrons. The van der Waals surface area contributed by atoms with Crippen LogP contribution in [0.5, 0.6) is 0 Å². The van der Waals surface area contributed by atoms with Crippen LogP contribution >= 0.6 is 0 Å². The maximum absolute atomic E-state index is 6.27. The Balaban J connectivity index is 1.86. The van der Waals surface area contributed by atoms with Crippen LogP contribution in [0.25, 0.3) is 22.0 Å². The molecule has 1 saturated heterocycles. The van der Waals surface area contributed by atoms with Gasteiger partial charge in [-0.15, -0.1) is 0 Å². The summed E-state index contributed by atoms with van der Waals surface area (Å²) in [5.74, 6) is 0. The van der Waals surface area contributed by atoms with Crippen LogP contribution in [0.4, 0.5) is 0 Å². The SMILES string of the molecule is CC1(C)OB(c2ccc(-c3ccccn3)c3ccccc23)OC1(C)C. The Morgan fingerprint density at radius 3 is 2.04 bits per heavy atom. The van der Waals surface area contributed by atoms with Crippen LogP contribution in [0, 0.1) is 0 Å². The number of benzene rings is 2. The van der Waals surface area contributed by atoms with Crippen molar-refractivity contribution in [3.8, 4) is 11.3 Å². The van der Waals surface area contributed by atoms with E-state index in [0.717, 1.165) is 27.5 Å². The van der Waals surface area contributed by atoms with E-state index < -0.39 is 0 Å². The fourth-order valence-corrected chi connectivity index (χ4v) is 3.24. The Kier molecular flexibility index (Phi) is 3.71. The summed E-state index contributed by atoms with van der Waals surface area (Å²) in [5, 5.41) is 2.30. The minimum absolute atomic E-state index is 0.349. The molecular formula is C21H22BNO2. The molecular weight excluding hydrogens is 309 g/mol. The number of aromatic nitrogens is 1. The van der Waals surface area contributed by atoms with Crippen molar-refractivity contribution >= 4 is 23.4 Å². The lowest BCUT2D eigenvalue weighted by atomic mass is 9.75. The first-order valence-electron chi connectivity index (χ1n) is 8.68. The lowest BCUT2D eigenvalue weighted by Gasteiger charge is -2.32. The van der Waals surface area contributed by atoms with Crippen molar-refractivity contribution in [1.29, 1.82) is 0 Å². The first-order valence-corrected chi connectivity index (χ1v) is 8.68. The fourth-order valence-electron chi connectivity index (χ4n) is 3.24. The molecule has 0 bridgehead atoms. The van der Waals surface area contributed by atoms with Crippen molar-refractivity contribution in [3.05, 3.63) is 60.8 Å². The average Bonchev–Trinajstić information content (AvgIpc) is 2.82. The lowest BCUT2D eigenvalue weighted by molar-refractivity contribution is 0.00578. The van der Waals surface area contributed by atoms with E-state index in [9.17, 15) is 0 Å². The third-order valence-corrected chi connectivity index (χ3v) is 5.41. The lowest BCUT2D eigenvalue weighted by Crippen LogP contribution is -2.41. The van der Waals surface area contributed by atoms with Crippen LogP contribution in [0.2, 0.25) is 0 Å². The number of nitrogens with zero attached hydrogens (tertiary/aromatic N) is 1. The molecule has 3 nitrogen and oxygen atoms in total. The third-order valence-electron chi connectivity index (χ3n) is 5.41. The second-order valence-corrected chi connectivity index (χ2v) is 7.55. The highest BCUT2D eigenvalue weighted by Gasteiger charge is 2.52. The van der Waals surface area contributed by atoms with Crippen molar-refractivity contribution in [2.75, 3.05) is 0 Å². The normalized spacial score (nSPS) is 18.6. The molecule has 0 saturated carbocycles. The van der Waals surface area contributed by atoms with Gasteiger partial charge in [0, 0.05) is 11.8 Å². The van der Waals surface area contributed by atoms with E-state index in [4.69, 9.17) is 9.31 Å². The molecule has 25 heavy (non-hydrogen) atoms. The van der Waals surface area contributed by atoms with Crippen LogP contribution in [0.3, 0.4) is 0 Å². The summed E-state index contributed by atoms with van der Waals surface area (Å²) in [4.78, 5) is 4.51. The topological polar surface area (TPSA) is 31.4 Å². The molecule has 1 aliphatic heterocycles. The smallest absolute Gasteiger partial charge is 0.399 e. The first kappa shape index (κ1) is 16.3. The van der Waals surface area contributed by atoms with Gasteiger partial charge in [0.2, 0.25) is 0 Å². The monoisotopic (exact) mass is 331 g/mol. The van der Waals surface area contributed by atoms with E-state index in [2.05, 4.69) is 69.1 Å². The summed E-state index contributed by atoms with van der Waals surface area (Å²) in [6.07, 6.45) is 1.83. The van der Waals surface area contributed by atoms with Crippen LogP contribution in [-0.4, -0.2) is 23.3 Å². The molecule has 3 aromatic rings. The van der Waals surface area contributed by atoms with Crippen molar-refractivity contribution in [2.45, 2.75) is 38.9 Å². The summed E-state index contributed by atoms with van der Waals surface area (Å²) in [6.45, 7) is 8.32. The van der Waals surface area contributed by atoms with E-state index in [-0.39, 0.29) is 18.3 Å². The molecule has 2 aromatic carbocycles. The standard InChI is InChI=1S/C21H22BNO2/c1-20(2)21(3,4)25-22(24-20)18-13-12-17(19-11-7-8-14-23-19)15-9-5-6-10-16(15)18/h5-14H,1-4H3. The average molecular weight is 331 g/mol. The molecule has 2 heterocycles. The highest BCUT2D eigenvalue weighted by molar-refractivity contribution is 6.65. The van der Waals surface area contributed by atoms with Gasteiger partial charge in [-0.25, -0.2) is 0 Å². The van der Waals surface area contributed by atoms with Gasteiger partial charge in [0.05, 0.1) is 16.9 Å². The van der Waals surface area contributed by atoms with Crippen molar-refractivity contribution in [2.24, 2.45) is 0 Å². The van der Waals surface area contributed by atoms with Gasteiger partial charge in [0.1, 0.15) is 0 Å². The maximum atomic E-state index is 6.27. The molecule has 1 fully saturated rings. The van der Waals surface area contributed by atoms with Crippen molar-refractivity contribution in [1.82, 2.24) is 4.98 Å². The Morgan fingerprint density at radius 1 is 0.760 bits per heavy atom. The zero-order valence-corrected chi connectivity index (χ0v) is 15.1. The van der Waals surface area contributed by atoms with Crippen LogP contribution in [0.15, 0.2) is 60.8 Å². The number of hydrogen-bond donors (Lipinski definition) is 0. The molecule has 4 heteroatoms. The van der Waals surface area contributed by atoms with Gasteiger partial charge in [0.25, 0.3) is 0 Å². The Bertz CT molecular complexity index is 906. The summed E-state index contributed by atoms with van der Waals surface area (Å²) < 4.78 is 12.5. The van der Waals surface area contributed by atoms with Gasteiger partial charge in [-0.2, -0.15) is 0 Å². The predicted molar refractivity (Wildman–Crippen MR) is 103 cm³/mol. The highest BCUT2D eigenvalue weighted by atomic mass is 16.7. The molecule has 126 valence electrons. The van der Waals surface area contributed by atoms with E-state index in [0.29, 0.717) is 0 Å². The zero-order valence-electron chi connectivity index (χ0n) is 15.1. The number of hydrogen-bond acceptors (Lipinski definition) is 3. The second-order valence-electron chi connectivity index (χ2n) is 7.55. The third kappa shape index (κ3) is 2.66. The van der Waals surface area contributed by atoms with Crippen molar-refractivity contribution in [3.63, 3.8) is 0 Å². The fraction of sp³-hybridized carbons (Fsp3) is 0.286. The molecule has 0 amide bonds. The zero-order chi connectivity index (χ0) is 17.7. The van der Waals surface area contributed by atoms with Crippen molar-refractivity contribution < 1.29 is 9.31 Å². The summed E-state index contributed by atoms with van der Waals surface area (Å²) in [6, 6.07) is 18.6. The molecule has 4 rings (SSSR count). The molecule has 0 aliphatic carbocycles. The Morgan fingerprint density at radius 2 is 1.40 bits per heavy atom.